The van der Waals surface area contributed by atoms with Crippen LogP contribution in [0.15, 0.2) is 24.3 Å². The fraction of sp³-hybridized carbons (Fsp3) is 0.250. The van der Waals surface area contributed by atoms with E-state index in [1.54, 1.807) is 12.1 Å². The number of aryl methyl sites for hydroxylation is 1. The fourth-order valence-electron chi connectivity index (χ4n) is 1.77. The van der Waals surface area contributed by atoms with Gasteiger partial charge >= 0.3 is 0 Å². The number of anilines is 1. The molecule has 6 nitrogen and oxygen atoms in total. The summed E-state index contributed by atoms with van der Waals surface area (Å²) in [4.78, 5) is 35.6. The van der Waals surface area contributed by atoms with Gasteiger partial charge in [-0.05, 0) is 30.8 Å². The third kappa shape index (κ3) is 3.05. The molecule has 1 saturated heterocycles. The number of nitrogens with two attached hydrogens (primary N) is 1. The molecule has 2 rings (SSSR count). The summed E-state index contributed by atoms with van der Waals surface area (Å²) < 4.78 is 0. The second-order valence-corrected chi connectivity index (χ2v) is 5.23. The van der Waals surface area contributed by atoms with E-state index in [2.05, 4.69) is 5.32 Å². The maximum absolute atomic E-state index is 11.7. The highest BCUT2D eigenvalue weighted by Gasteiger charge is 2.37. The highest BCUT2D eigenvalue weighted by molar-refractivity contribution is 8.15. The predicted molar refractivity (Wildman–Crippen MR) is 72.6 cm³/mol. The molecular formula is C12H13N3O3S. The van der Waals surface area contributed by atoms with Crippen LogP contribution in [0.2, 0.25) is 0 Å². The third-order valence-corrected chi connectivity index (χ3v) is 3.65. The molecule has 1 aromatic rings. The molecule has 1 aromatic carbocycles. The zero-order valence-corrected chi connectivity index (χ0v) is 11.1. The van der Waals surface area contributed by atoms with E-state index < -0.39 is 22.4 Å². The Morgan fingerprint density at radius 2 is 2.00 bits per heavy atom. The van der Waals surface area contributed by atoms with Gasteiger partial charge < -0.3 is 10.6 Å². The highest BCUT2D eigenvalue weighted by Crippen LogP contribution is 2.27. The van der Waals surface area contributed by atoms with Crippen LogP contribution in [0.25, 0.3) is 0 Å². The molecule has 0 bridgehead atoms. The summed E-state index contributed by atoms with van der Waals surface area (Å²) in [5, 5.41) is 1.01. The molecular weight excluding hydrogens is 266 g/mol. The van der Waals surface area contributed by atoms with Crippen molar-refractivity contribution in [2.24, 2.45) is 5.73 Å². The van der Waals surface area contributed by atoms with E-state index in [0.717, 1.165) is 17.3 Å². The molecule has 0 aromatic heterocycles. The van der Waals surface area contributed by atoms with Crippen LogP contribution in [0.1, 0.15) is 5.56 Å². The maximum atomic E-state index is 11.7. The summed E-state index contributed by atoms with van der Waals surface area (Å²) in [6, 6.07) is 7.30. The predicted octanol–water partition coefficient (Wildman–Crippen LogP) is 0.596. The molecule has 100 valence electrons. The van der Waals surface area contributed by atoms with Gasteiger partial charge in [-0.3, -0.25) is 19.7 Å². The van der Waals surface area contributed by atoms with E-state index >= 15 is 0 Å². The summed E-state index contributed by atoms with van der Waals surface area (Å²) in [6.07, 6.45) is 0. The van der Waals surface area contributed by atoms with Gasteiger partial charge in [-0.2, -0.15) is 0 Å². The normalized spacial score (nSPS) is 18.3. The van der Waals surface area contributed by atoms with Crippen LogP contribution in [0.3, 0.4) is 0 Å². The first-order valence-corrected chi connectivity index (χ1v) is 6.48. The second-order valence-electron chi connectivity index (χ2n) is 4.18. The molecule has 3 N–H and O–H groups in total. The molecule has 1 aliphatic heterocycles. The SMILES string of the molecule is Cc1ccc(N(CC(N)=O)[C@H]2SC(=O)NC2=O)cc1. The number of hydrogen-bond acceptors (Lipinski definition) is 5. The third-order valence-electron chi connectivity index (χ3n) is 2.64. The monoisotopic (exact) mass is 279 g/mol. The number of imide groups is 1. The van der Waals surface area contributed by atoms with Crippen molar-refractivity contribution in [2.75, 3.05) is 11.4 Å². The number of amides is 3. The number of thioether (sulfide) groups is 1. The standard InChI is InChI=1S/C12H13N3O3S/c1-7-2-4-8(5-3-7)15(6-9(13)16)11-10(17)14-12(18)19-11/h2-5,11H,6H2,1H3,(H2,13,16)(H,14,17,18)/t11-/m0/s1. The van der Waals surface area contributed by atoms with E-state index in [-0.39, 0.29) is 6.54 Å². The molecule has 0 aliphatic carbocycles. The minimum atomic E-state index is -0.761. The van der Waals surface area contributed by atoms with E-state index in [9.17, 15) is 14.4 Å². The number of nitrogens with zero attached hydrogens (tertiary/aromatic N) is 1. The minimum Gasteiger partial charge on any atom is -0.368 e. The lowest BCUT2D eigenvalue weighted by molar-refractivity contribution is -0.119. The molecule has 1 fully saturated rings. The van der Waals surface area contributed by atoms with Crippen molar-refractivity contribution in [1.82, 2.24) is 5.32 Å². The number of primary amides is 1. The van der Waals surface area contributed by atoms with Crippen molar-refractivity contribution >= 4 is 34.5 Å². The van der Waals surface area contributed by atoms with Crippen molar-refractivity contribution in [3.63, 3.8) is 0 Å². The van der Waals surface area contributed by atoms with Crippen molar-refractivity contribution in [3.8, 4) is 0 Å². The number of rotatable bonds is 4. The van der Waals surface area contributed by atoms with Crippen molar-refractivity contribution in [1.29, 1.82) is 0 Å². The molecule has 1 atom stereocenters. The van der Waals surface area contributed by atoms with Gasteiger partial charge in [0.05, 0.1) is 6.54 Å². The Kier molecular flexibility index (Phi) is 3.75. The van der Waals surface area contributed by atoms with Gasteiger partial charge in [-0.1, -0.05) is 17.7 Å². The van der Waals surface area contributed by atoms with Crippen LogP contribution in [0.4, 0.5) is 10.5 Å². The zero-order valence-electron chi connectivity index (χ0n) is 10.3. The summed E-state index contributed by atoms with van der Waals surface area (Å²) in [5.74, 6) is -0.995. The summed E-state index contributed by atoms with van der Waals surface area (Å²) in [5.41, 5.74) is 6.93. The van der Waals surface area contributed by atoms with E-state index in [1.165, 1.54) is 4.90 Å². The van der Waals surface area contributed by atoms with Crippen LogP contribution in [0.5, 0.6) is 0 Å². The minimum absolute atomic E-state index is 0.124. The van der Waals surface area contributed by atoms with E-state index in [1.807, 2.05) is 19.1 Å². The molecule has 1 heterocycles. The summed E-state index contributed by atoms with van der Waals surface area (Å²) >= 11 is 0.841. The van der Waals surface area contributed by atoms with Gasteiger partial charge in [-0.15, -0.1) is 0 Å². The molecule has 0 saturated carbocycles. The Morgan fingerprint density at radius 1 is 1.37 bits per heavy atom. The molecule has 0 spiro atoms. The Labute approximate surface area is 114 Å². The van der Waals surface area contributed by atoms with Crippen molar-refractivity contribution in [2.45, 2.75) is 12.3 Å². The Hall–Kier alpha value is -2.02. The number of nitrogens with one attached hydrogen (secondary N) is 1. The number of hydrogen-bond donors (Lipinski definition) is 2. The molecule has 0 radical (unpaired) electrons. The topological polar surface area (TPSA) is 92.5 Å². The van der Waals surface area contributed by atoms with E-state index in [0.29, 0.717) is 5.69 Å². The first kappa shape index (κ1) is 13.4. The van der Waals surface area contributed by atoms with Gasteiger partial charge in [0.25, 0.3) is 11.1 Å². The average molecular weight is 279 g/mol. The lowest BCUT2D eigenvalue weighted by atomic mass is 10.2. The maximum Gasteiger partial charge on any atom is 0.288 e. The van der Waals surface area contributed by atoms with Crippen LogP contribution >= 0.6 is 11.8 Å². The quantitative estimate of drug-likeness (QED) is 0.841. The zero-order chi connectivity index (χ0) is 14.0. The molecule has 19 heavy (non-hydrogen) atoms. The van der Waals surface area contributed by atoms with Gasteiger partial charge in [0.2, 0.25) is 5.91 Å². The lowest BCUT2D eigenvalue weighted by Crippen LogP contribution is -2.44. The molecule has 1 aliphatic rings. The Bertz CT molecular complexity index is 530. The van der Waals surface area contributed by atoms with Gasteiger partial charge in [-0.25, -0.2) is 0 Å². The summed E-state index contributed by atoms with van der Waals surface area (Å²) in [6.45, 7) is 1.81. The van der Waals surface area contributed by atoms with Crippen LogP contribution in [-0.4, -0.2) is 29.0 Å². The van der Waals surface area contributed by atoms with E-state index in [4.69, 9.17) is 5.73 Å². The smallest absolute Gasteiger partial charge is 0.288 e. The van der Waals surface area contributed by atoms with Crippen molar-refractivity contribution < 1.29 is 14.4 Å². The number of benzene rings is 1. The van der Waals surface area contributed by atoms with Gasteiger partial charge in [0.15, 0.2) is 5.37 Å². The van der Waals surface area contributed by atoms with Crippen LogP contribution in [-0.2, 0) is 9.59 Å². The van der Waals surface area contributed by atoms with Crippen LogP contribution < -0.4 is 16.0 Å². The molecule has 7 heteroatoms. The molecule has 0 unspecified atom stereocenters. The number of carbonyl (C=O) groups excluding carboxylic acids is 3. The largest absolute Gasteiger partial charge is 0.368 e. The Balaban J connectivity index is 2.30. The fourth-order valence-corrected chi connectivity index (χ4v) is 2.62. The average Bonchev–Trinajstić information content (AvgIpc) is 2.66. The molecule has 3 amide bonds. The van der Waals surface area contributed by atoms with Crippen LogP contribution in [0, 0.1) is 6.92 Å². The first-order valence-electron chi connectivity index (χ1n) is 5.60. The first-order chi connectivity index (χ1) is 8.97. The Morgan fingerprint density at radius 3 is 2.47 bits per heavy atom. The second kappa shape index (κ2) is 5.31. The van der Waals surface area contributed by atoms with Gasteiger partial charge in [0.1, 0.15) is 0 Å². The highest BCUT2D eigenvalue weighted by atomic mass is 32.2. The summed E-state index contributed by atoms with van der Waals surface area (Å²) in [7, 11) is 0. The number of carbonyl (C=O) groups is 3. The van der Waals surface area contributed by atoms with Crippen molar-refractivity contribution in [3.05, 3.63) is 29.8 Å². The van der Waals surface area contributed by atoms with Gasteiger partial charge in [0, 0.05) is 5.69 Å². The lowest BCUT2D eigenvalue weighted by Gasteiger charge is -2.26.